The molecule has 3 aromatic rings. The van der Waals surface area contributed by atoms with Crippen LogP contribution in [0.5, 0.6) is 5.75 Å². The van der Waals surface area contributed by atoms with E-state index in [2.05, 4.69) is 5.32 Å². The molecule has 0 fully saturated rings. The van der Waals surface area contributed by atoms with Crippen molar-refractivity contribution in [2.75, 3.05) is 24.2 Å². The number of aryl methyl sites for hydroxylation is 1. The maximum atomic E-state index is 14.2. The highest BCUT2D eigenvalue weighted by Gasteiger charge is 2.35. The smallest absolute Gasteiger partial charge is 0.244 e. The summed E-state index contributed by atoms with van der Waals surface area (Å²) >= 11 is 6.49. The first-order chi connectivity index (χ1) is 19.2. The summed E-state index contributed by atoms with van der Waals surface area (Å²) in [6, 6.07) is 20.6. The van der Waals surface area contributed by atoms with Crippen LogP contribution in [0.4, 0.5) is 5.69 Å². The number of benzene rings is 3. The molecule has 0 radical (unpaired) electrons. The molecule has 3 rings (SSSR count). The number of hydrogen-bond donors (Lipinski definition) is 1. The van der Waals surface area contributed by atoms with Crippen molar-refractivity contribution in [1.29, 1.82) is 0 Å². The van der Waals surface area contributed by atoms with Crippen LogP contribution in [0.2, 0.25) is 5.02 Å². The highest BCUT2D eigenvalue weighted by molar-refractivity contribution is 7.92. The third-order valence-corrected chi connectivity index (χ3v) is 7.85. The number of amides is 2. The summed E-state index contributed by atoms with van der Waals surface area (Å²) < 4.78 is 32.6. The van der Waals surface area contributed by atoms with E-state index < -0.39 is 34.1 Å². The van der Waals surface area contributed by atoms with Gasteiger partial charge in [0.15, 0.2) is 0 Å². The van der Waals surface area contributed by atoms with Gasteiger partial charge in [-0.15, -0.1) is 0 Å². The van der Waals surface area contributed by atoms with E-state index in [1.54, 1.807) is 42.5 Å². The van der Waals surface area contributed by atoms with Crippen molar-refractivity contribution in [1.82, 2.24) is 10.2 Å². The summed E-state index contributed by atoms with van der Waals surface area (Å²) in [7, 11) is -2.49. The van der Waals surface area contributed by atoms with Crippen molar-refractivity contribution in [3.8, 4) is 5.75 Å². The molecule has 0 aliphatic rings. The summed E-state index contributed by atoms with van der Waals surface area (Å²) in [5.74, 6) is -0.623. The van der Waals surface area contributed by atoms with Crippen molar-refractivity contribution in [2.45, 2.75) is 52.2 Å². The molecule has 1 N–H and O–H groups in total. The Morgan fingerprint density at radius 3 is 2.22 bits per heavy atom. The maximum Gasteiger partial charge on any atom is 0.244 e. The fourth-order valence-corrected chi connectivity index (χ4v) is 5.45. The minimum Gasteiger partial charge on any atom is -0.495 e. The Morgan fingerprint density at radius 1 is 1.00 bits per heavy atom. The van der Waals surface area contributed by atoms with E-state index in [0.29, 0.717) is 16.3 Å². The van der Waals surface area contributed by atoms with Gasteiger partial charge in [0.25, 0.3) is 0 Å². The SMILES string of the molecule is COc1ccc(C)cc1N(CC(=O)N(Cc1ccccc1Cl)C(Cc1ccccc1)C(=O)NC(C)(C)C)S(C)(=O)=O. The lowest BCUT2D eigenvalue weighted by Gasteiger charge is -2.35. The fraction of sp³-hybridized carbons (Fsp3) is 0.355. The third-order valence-electron chi connectivity index (χ3n) is 6.35. The predicted molar refractivity (Wildman–Crippen MR) is 164 cm³/mol. The van der Waals surface area contributed by atoms with Gasteiger partial charge in [-0.3, -0.25) is 13.9 Å². The standard InChI is InChI=1S/C31H38ClN3O5S/c1-22-16-17-28(40-5)26(18-22)35(41(6,38)39)21-29(36)34(20-24-14-10-11-15-25(24)32)27(30(37)33-31(2,3)4)19-23-12-8-7-9-13-23/h7-18,27H,19-21H2,1-6H3,(H,33,37). The van der Waals surface area contributed by atoms with Crippen LogP contribution in [0.15, 0.2) is 72.8 Å². The molecule has 0 aromatic heterocycles. The van der Waals surface area contributed by atoms with Gasteiger partial charge in [-0.25, -0.2) is 8.42 Å². The number of hydrogen-bond acceptors (Lipinski definition) is 5. The molecule has 0 bridgehead atoms. The van der Waals surface area contributed by atoms with Gasteiger partial charge < -0.3 is 15.0 Å². The first-order valence-electron chi connectivity index (χ1n) is 13.2. The van der Waals surface area contributed by atoms with Gasteiger partial charge in [0, 0.05) is 23.5 Å². The molecule has 8 nitrogen and oxygen atoms in total. The van der Waals surface area contributed by atoms with Crippen LogP contribution >= 0.6 is 11.6 Å². The molecule has 0 aliphatic heterocycles. The van der Waals surface area contributed by atoms with E-state index in [1.807, 2.05) is 58.0 Å². The second kappa shape index (κ2) is 13.4. The Morgan fingerprint density at radius 2 is 1.63 bits per heavy atom. The Balaban J connectivity index is 2.13. The molecule has 220 valence electrons. The van der Waals surface area contributed by atoms with E-state index >= 15 is 0 Å². The third kappa shape index (κ3) is 8.96. The number of ether oxygens (including phenoxy) is 1. The second-order valence-corrected chi connectivity index (χ2v) is 13.3. The predicted octanol–water partition coefficient (Wildman–Crippen LogP) is 4.98. The van der Waals surface area contributed by atoms with Crippen LogP contribution in [0, 0.1) is 6.92 Å². The average Bonchev–Trinajstić information content (AvgIpc) is 2.89. The molecule has 0 spiro atoms. The lowest BCUT2D eigenvalue weighted by molar-refractivity contribution is -0.140. The Kier molecular flexibility index (Phi) is 10.4. The highest BCUT2D eigenvalue weighted by Crippen LogP contribution is 2.31. The van der Waals surface area contributed by atoms with Crippen LogP contribution in [-0.4, -0.2) is 56.6 Å². The number of nitrogens with zero attached hydrogens (tertiary/aromatic N) is 2. The van der Waals surface area contributed by atoms with E-state index in [4.69, 9.17) is 16.3 Å². The molecule has 41 heavy (non-hydrogen) atoms. The molecule has 0 heterocycles. The summed E-state index contributed by atoms with van der Waals surface area (Å²) in [6.07, 6.45) is 1.25. The second-order valence-electron chi connectivity index (χ2n) is 11.0. The van der Waals surface area contributed by atoms with Crippen LogP contribution in [0.25, 0.3) is 0 Å². The van der Waals surface area contributed by atoms with Crippen molar-refractivity contribution in [2.24, 2.45) is 0 Å². The first kappa shape index (κ1) is 32.0. The molecular weight excluding hydrogens is 562 g/mol. The number of rotatable bonds is 11. The van der Waals surface area contributed by atoms with Crippen LogP contribution in [0.3, 0.4) is 0 Å². The molecule has 0 saturated carbocycles. The number of anilines is 1. The van der Waals surface area contributed by atoms with E-state index in [0.717, 1.165) is 21.7 Å². The fourth-order valence-electron chi connectivity index (χ4n) is 4.41. The number of carbonyl (C=O) groups is 2. The molecule has 3 aromatic carbocycles. The van der Waals surface area contributed by atoms with Crippen molar-refractivity contribution >= 4 is 39.1 Å². The highest BCUT2D eigenvalue weighted by atomic mass is 35.5. The quantitative estimate of drug-likeness (QED) is 0.335. The van der Waals surface area contributed by atoms with Gasteiger partial charge in [0.05, 0.1) is 19.1 Å². The minimum atomic E-state index is -3.93. The monoisotopic (exact) mass is 599 g/mol. The Labute approximate surface area is 248 Å². The van der Waals surface area contributed by atoms with Crippen LogP contribution in [-0.2, 0) is 32.6 Å². The molecule has 10 heteroatoms. The van der Waals surface area contributed by atoms with Crippen molar-refractivity contribution < 1.29 is 22.7 Å². The number of nitrogens with one attached hydrogen (secondary N) is 1. The van der Waals surface area contributed by atoms with Gasteiger partial charge in [-0.05, 0) is 62.6 Å². The number of methoxy groups -OCH3 is 1. The summed E-state index contributed by atoms with van der Waals surface area (Å²) in [4.78, 5) is 29.4. The lowest BCUT2D eigenvalue weighted by atomic mass is 10.0. The van der Waals surface area contributed by atoms with Crippen molar-refractivity contribution in [3.63, 3.8) is 0 Å². The Bertz CT molecular complexity index is 1470. The minimum absolute atomic E-state index is 0.00385. The molecule has 0 aliphatic carbocycles. The van der Waals surface area contributed by atoms with Gasteiger partial charge >= 0.3 is 0 Å². The van der Waals surface area contributed by atoms with E-state index in [-0.39, 0.29) is 24.6 Å². The van der Waals surface area contributed by atoms with Crippen molar-refractivity contribution in [3.05, 3.63) is 94.5 Å². The molecule has 2 amide bonds. The number of carbonyl (C=O) groups excluding carboxylic acids is 2. The summed E-state index contributed by atoms with van der Waals surface area (Å²) in [5.41, 5.74) is 1.93. The largest absolute Gasteiger partial charge is 0.495 e. The van der Waals surface area contributed by atoms with E-state index in [9.17, 15) is 18.0 Å². The first-order valence-corrected chi connectivity index (χ1v) is 15.4. The molecule has 0 saturated heterocycles. The van der Waals surface area contributed by atoms with Gasteiger partial charge in [0.2, 0.25) is 21.8 Å². The number of halogens is 1. The molecule has 1 unspecified atom stereocenters. The zero-order chi connectivity index (χ0) is 30.4. The van der Waals surface area contributed by atoms with Crippen LogP contribution in [0.1, 0.15) is 37.5 Å². The topological polar surface area (TPSA) is 96.0 Å². The lowest BCUT2D eigenvalue weighted by Crippen LogP contribution is -2.56. The van der Waals surface area contributed by atoms with Gasteiger partial charge in [-0.2, -0.15) is 0 Å². The summed E-state index contributed by atoms with van der Waals surface area (Å²) in [6.45, 7) is 6.86. The summed E-state index contributed by atoms with van der Waals surface area (Å²) in [5, 5.41) is 3.43. The average molecular weight is 600 g/mol. The van der Waals surface area contributed by atoms with Crippen LogP contribution < -0.4 is 14.4 Å². The Hall–Kier alpha value is -3.56. The van der Waals surface area contributed by atoms with Gasteiger partial charge in [0.1, 0.15) is 18.3 Å². The zero-order valence-electron chi connectivity index (χ0n) is 24.3. The number of sulfonamides is 1. The molecular formula is C31H38ClN3O5S. The normalized spacial score (nSPS) is 12.4. The zero-order valence-corrected chi connectivity index (χ0v) is 25.9. The maximum absolute atomic E-state index is 14.2. The molecule has 1 atom stereocenters. The van der Waals surface area contributed by atoms with Gasteiger partial charge in [-0.1, -0.05) is 66.2 Å². The van der Waals surface area contributed by atoms with E-state index in [1.165, 1.54) is 12.0 Å².